The van der Waals surface area contributed by atoms with Gasteiger partial charge in [-0.25, -0.2) is 0 Å². The molecular weight excluding hydrogens is 236 g/mol. The Bertz CT molecular complexity index is 578. The average Bonchev–Trinajstić information content (AvgIpc) is 2.69. The van der Waals surface area contributed by atoms with Crippen molar-refractivity contribution in [1.82, 2.24) is 10.2 Å². The largest absolute Gasteiger partial charge is 0.481 e. The molecule has 0 aliphatic carbocycles. The van der Waals surface area contributed by atoms with Crippen molar-refractivity contribution in [2.45, 2.75) is 25.6 Å². The van der Waals surface area contributed by atoms with Gasteiger partial charge in [-0.2, -0.15) is 5.10 Å². The number of carbonyl (C=O) groups is 1. The lowest BCUT2D eigenvalue weighted by molar-refractivity contribution is -0.141. The molecule has 0 radical (unpaired) electrons. The van der Waals surface area contributed by atoms with Crippen LogP contribution in [-0.2, 0) is 4.79 Å². The molecule has 18 heavy (non-hydrogen) atoms. The number of hydrogen-bond acceptors (Lipinski definition) is 4. The number of fused-ring (bicyclic) bond motifs is 1. The number of carboxylic acid groups (broad SMARTS) is 1. The molecule has 6 nitrogen and oxygen atoms in total. The molecule has 0 aliphatic rings. The molecule has 96 valence electrons. The van der Waals surface area contributed by atoms with Crippen molar-refractivity contribution in [2.24, 2.45) is 0 Å². The molecule has 1 heterocycles. The van der Waals surface area contributed by atoms with Crippen LogP contribution in [0.3, 0.4) is 0 Å². The number of carboxylic acids is 1. The highest BCUT2D eigenvalue weighted by Gasteiger charge is 2.21. The molecule has 0 aliphatic heterocycles. The molecule has 1 aromatic heterocycles. The van der Waals surface area contributed by atoms with Gasteiger partial charge in [0.15, 0.2) is 0 Å². The summed E-state index contributed by atoms with van der Waals surface area (Å²) in [6, 6.07) is 5.06. The number of aryl methyl sites for hydroxylation is 1. The van der Waals surface area contributed by atoms with Crippen LogP contribution in [0.15, 0.2) is 18.2 Å². The zero-order valence-electron chi connectivity index (χ0n) is 9.79. The van der Waals surface area contributed by atoms with Crippen molar-refractivity contribution in [1.29, 1.82) is 0 Å². The van der Waals surface area contributed by atoms with Crippen molar-refractivity contribution in [3.63, 3.8) is 0 Å². The van der Waals surface area contributed by atoms with E-state index in [0.29, 0.717) is 11.1 Å². The SMILES string of the molecule is Cc1[nH]nc2cc(C(O)C(O)CC(=O)O)ccc12. The number of H-pyrrole nitrogens is 1. The highest BCUT2D eigenvalue weighted by molar-refractivity contribution is 5.81. The molecule has 0 spiro atoms. The van der Waals surface area contributed by atoms with Gasteiger partial charge >= 0.3 is 5.97 Å². The molecule has 0 amide bonds. The van der Waals surface area contributed by atoms with Crippen molar-refractivity contribution in [3.8, 4) is 0 Å². The lowest BCUT2D eigenvalue weighted by Gasteiger charge is -2.16. The Labute approximate surface area is 103 Å². The summed E-state index contributed by atoms with van der Waals surface area (Å²) in [7, 11) is 0. The summed E-state index contributed by atoms with van der Waals surface area (Å²) in [6.07, 6.45) is -3.07. The molecule has 0 fully saturated rings. The molecule has 2 rings (SSSR count). The summed E-state index contributed by atoms with van der Waals surface area (Å²) in [5.41, 5.74) is 2.03. The molecule has 2 unspecified atom stereocenters. The van der Waals surface area contributed by atoms with Gasteiger partial charge in [-0.15, -0.1) is 0 Å². The second-order valence-electron chi connectivity index (χ2n) is 4.24. The van der Waals surface area contributed by atoms with Crippen LogP contribution >= 0.6 is 0 Å². The first-order chi connectivity index (χ1) is 8.49. The van der Waals surface area contributed by atoms with Crippen molar-refractivity contribution in [3.05, 3.63) is 29.5 Å². The number of rotatable bonds is 4. The van der Waals surface area contributed by atoms with Crippen LogP contribution in [0.5, 0.6) is 0 Å². The summed E-state index contributed by atoms with van der Waals surface area (Å²) in [6.45, 7) is 1.88. The Morgan fingerprint density at radius 1 is 1.44 bits per heavy atom. The molecule has 0 bridgehead atoms. The lowest BCUT2D eigenvalue weighted by Crippen LogP contribution is -2.21. The monoisotopic (exact) mass is 250 g/mol. The molecule has 1 aromatic carbocycles. The fourth-order valence-electron chi connectivity index (χ4n) is 1.86. The number of aliphatic carboxylic acids is 1. The fraction of sp³-hybridized carbons (Fsp3) is 0.333. The number of benzene rings is 1. The first-order valence-corrected chi connectivity index (χ1v) is 5.51. The third-order valence-electron chi connectivity index (χ3n) is 2.86. The highest BCUT2D eigenvalue weighted by atomic mass is 16.4. The van der Waals surface area contributed by atoms with E-state index in [9.17, 15) is 15.0 Å². The van der Waals surface area contributed by atoms with E-state index in [0.717, 1.165) is 11.1 Å². The van der Waals surface area contributed by atoms with E-state index in [-0.39, 0.29) is 0 Å². The third-order valence-corrected chi connectivity index (χ3v) is 2.86. The van der Waals surface area contributed by atoms with Gasteiger partial charge in [0.1, 0.15) is 6.10 Å². The summed E-state index contributed by atoms with van der Waals surface area (Å²) < 4.78 is 0. The van der Waals surface area contributed by atoms with Crippen molar-refractivity contribution < 1.29 is 20.1 Å². The highest BCUT2D eigenvalue weighted by Crippen LogP contribution is 2.24. The maximum atomic E-state index is 10.5. The van der Waals surface area contributed by atoms with E-state index >= 15 is 0 Å². The van der Waals surface area contributed by atoms with Gasteiger partial charge in [-0.05, 0) is 18.6 Å². The Morgan fingerprint density at radius 3 is 2.83 bits per heavy atom. The third kappa shape index (κ3) is 2.34. The predicted molar refractivity (Wildman–Crippen MR) is 64.1 cm³/mol. The Balaban J connectivity index is 2.27. The summed E-state index contributed by atoms with van der Waals surface area (Å²) in [5.74, 6) is -1.15. The number of aliphatic hydroxyl groups is 2. The van der Waals surface area contributed by atoms with Crippen LogP contribution in [0, 0.1) is 6.92 Å². The van der Waals surface area contributed by atoms with Crippen LogP contribution in [0.2, 0.25) is 0 Å². The number of aromatic amines is 1. The van der Waals surface area contributed by atoms with E-state index in [4.69, 9.17) is 5.11 Å². The number of aromatic nitrogens is 2. The van der Waals surface area contributed by atoms with Gasteiger partial charge in [0, 0.05) is 11.1 Å². The quantitative estimate of drug-likeness (QED) is 0.640. The van der Waals surface area contributed by atoms with E-state index < -0.39 is 24.6 Å². The van der Waals surface area contributed by atoms with Crippen LogP contribution < -0.4 is 0 Å². The maximum Gasteiger partial charge on any atom is 0.306 e. The number of nitrogens with one attached hydrogen (secondary N) is 1. The van der Waals surface area contributed by atoms with Crippen LogP contribution in [0.1, 0.15) is 23.8 Å². The predicted octanol–water partition coefficient (Wildman–Crippen LogP) is 0.740. The minimum absolute atomic E-state index is 0.447. The number of aliphatic hydroxyl groups excluding tert-OH is 2. The normalized spacial score (nSPS) is 14.6. The zero-order chi connectivity index (χ0) is 13.3. The number of hydrogen-bond donors (Lipinski definition) is 4. The minimum atomic E-state index is -1.33. The van der Waals surface area contributed by atoms with Gasteiger partial charge in [0.2, 0.25) is 0 Å². The van der Waals surface area contributed by atoms with Crippen LogP contribution in [0.4, 0.5) is 0 Å². The summed E-state index contributed by atoms with van der Waals surface area (Å²) in [4.78, 5) is 10.5. The molecule has 0 saturated carbocycles. The molecular formula is C12H14N2O4. The van der Waals surface area contributed by atoms with E-state index in [1.54, 1.807) is 18.2 Å². The summed E-state index contributed by atoms with van der Waals surface area (Å²) >= 11 is 0. The van der Waals surface area contributed by atoms with Crippen LogP contribution in [0.25, 0.3) is 10.9 Å². The lowest BCUT2D eigenvalue weighted by atomic mass is 10.0. The Kier molecular flexibility index (Phi) is 3.31. The number of nitrogens with zero attached hydrogens (tertiary/aromatic N) is 1. The maximum absolute atomic E-state index is 10.5. The van der Waals surface area contributed by atoms with Gasteiger partial charge in [0.05, 0.1) is 18.0 Å². The average molecular weight is 250 g/mol. The first-order valence-electron chi connectivity index (χ1n) is 5.51. The van der Waals surface area contributed by atoms with E-state index in [1.165, 1.54) is 0 Å². The Morgan fingerprint density at radius 2 is 2.17 bits per heavy atom. The van der Waals surface area contributed by atoms with E-state index in [1.807, 2.05) is 6.92 Å². The Hall–Kier alpha value is -1.92. The molecule has 2 atom stereocenters. The van der Waals surface area contributed by atoms with Crippen LogP contribution in [-0.4, -0.2) is 37.6 Å². The molecule has 2 aromatic rings. The minimum Gasteiger partial charge on any atom is -0.481 e. The van der Waals surface area contributed by atoms with Gasteiger partial charge in [-0.3, -0.25) is 9.89 Å². The van der Waals surface area contributed by atoms with Gasteiger partial charge in [0.25, 0.3) is 0 Å². The second-order valence-corrected chi connectivity index (χ2v) is 4.24. The smallest absolute Gasteiger partial charge is 0.306 e. The zero-order valence-corrected chi connectivity index (χ0v) is 9.79. The molecule has 6 heteroatoms. The van der Waals surface area contributed by atoms with Crippen molar-refractivity contribution >= 4 is 16.9 Å². The standard InChI is InChI=1S/C12H14N2O4/c1-6-8-3-2-7(4-9(8)14-13-6)12(18)10(15)5-11(16)17/h2-4,10,12,15,18H,5H2,1H3,(H,13,14)(H,16,17). The molecule has 0 saturated heterocycles. The second kappa shape index (κ2) is 4.75. The van der Waals surface area contributed by atoms with Crippen molar-refractivity contribution in [2.75, 3.05) is 0 Å². The first kappa shape index (κ1) is 12.5. The topological polar surface area (TPSA) is 106 Å². The fourth-order valence-corrected chi connectivity index (χ4v) is 1.86. The van der Waals surface area contributed by atoms with Gasteiger partial charge in [-0.1, -0.05) is 12.1 Å². The molecule has 4 N–H and O–H groups in total. The van der Waals surface area contributed by atoms with E-state index in [2.05, 4.69) is 10.2 Å². The van der Waals surface area contributed by atoms with Gasteiger partial charge < -0.3 is 15.3 Å². The summed E-state index contributed by atoms with van der Waals surface area (Å²) in [5, 5.41) is 35.8.